The molecule has 1 amide bonds. The van der Waals surface area contributed by atoms with Crippen molar-refractivity contribution in [3.05, 3.63) is 69.6 Å². The Labute approximate surface area is 129 Å². The van der Waals surface area contributed by atoms with Crippen molar-refractivity contribution in [1.29, 1.82) is 0 Å². The number of rotatable bonds is 4. The van der Waals surface area contributed by atoms with Crippen LogP contribution in [0.2, 0.25) is 5.22 Å². The second-order valence-electron chi connectivity index (χ2n) is 4.48. The Morgan fingerprint density at radius 3 is 2.73 bits per heavy atom. The molecule has 22 heavy (non-hydrogen) atoms. The highest BCUT2D eigenvalue weighted by Crippen LogP contribution is 2.16. The number of hydrogen-bond acceptors (Lipinski definition) is 4. The molecule has 0 aliphatic carbocycles. The molecule has 0 spiro atoms. The van der Waals surface area contributed by atoms with E-state index in [1.54, 1.807) is 30.3 Å². The van der Waals surface area contributed by atoms with Crippen LogP contribution in [0.25, 0.3) is 11.5 Å². The van der Waals surface area contributed by atoms with Crippen molar-refractivity contribution in [2.45, 2.75) is 6.54 Å². The van der Waals surface area contributed by atoms with Gasteiger partial charge in [-0.3, -0.25) is 9.59 Å². The lowest BCUT2D eigenvalue weighted by Gasteiger charge is -2.03. The summed E-state index contributed by atoms with van der Waals surface area (Å²) in [5, 5.41) is 2.83. The smallest absolute Gasteiger partial charge is 0.261 e. The number of furan rings is 2. The molecule has 0 fully saturated rings. The summed E-state index contributed by atoms with van der Waals surface area (Å²) in [7, 11) is 0. The first-order chi connectivity index (χ1) is 10.6. The highest BCUT2D eigenvalue weighted by atomic mass is 35.5. The zero-order valence-electron chi connectivity index (χ0n) is 11.3. The van der Waals surface area contributed by atoms with Gasteiger partial charge in [-0.2, -0.15) is 0 Å². The number of H-pyrrole nitrogens is 1. The van der Waals surface area contributed by atoms with Crippen LogP contribution in [0.15, 0.2) is 56.3 Å². The van der Waals surface area contributed by atoms with E-state index in [0.29, 0.717) is 17.2 Å². The normalized spacial score (nSPS) is 10.6. The molecule has 0 aliphatic rings. The summed E-state index contributed by atoms with van der Waals surface area (Å²) < 4.78 is 10.3. The summed E-state index contributed by atoms with van der Waals surface area (Å²) in [6.45, 7) is 0.144. The third-order valence-corrected chi connectivity index (χ3v) is 3.20. The van der Waals surface area contributed by atoms with E-state index in [1.807, 2.05) is 0 Å². The lowest BCUT2D eigenvalue weighted by Crippen LogP contribution is -2.29. The number of aromatic nitrogens is 1. The van der Waals surface area contributed by atoms with Gasteiger partial charge in [-0.25, -0.2) is 0 Å². The lowest BCUT2D eigenvalue weighted by atomic mass is 10.2. The molecule has 0 atom stereocenters. The summed E-state index contributed by atoms with van der Waals surface area (Å²) in [5.41, 5.74) is 0.0150. The number of carbonyl (C=O) groups is 1. The van der Waals surface area contributed by atoms with E-state index in [-0.39, 0.29) is 17.3 Å². The Morgan fingerprint density at radius 2 is 2.09 bits per heavy atom. The van der Waals surface area contributed by atoms with E-state index in [1.165, 1.54) is 12.3 Å². The van der Waals surface area contributed by atoms with Crippen LogP contribution in [0.5, 0.6) is 0 Å². The van der Waals surface area contributed by atoms with Gasteiger partial charge in [-0.15, -0.1) is 0 Å². The minimum absolute atomic E-state index is 0.00737. The molecule has 0 saturated heterocycles. The predicted molar refractivity (Wildman–Crippen MR) is 79.7 cm³/mol. The van der Waals surface area contributed by atoms with E-state index in [4.69, 9.17) is 20.4 Å². The predicted octanol–water partition coefficient (Wildman–Crippen LogP) is 2.81. The van der Waals surface area contributed by atoms with Gasteiger partial charge in [0.25, 0.3) is 11.5 Å². The van der Waals surface area contributed by atoms with Crippen LogP contribution in [-0.4, -0.2) is 10.9 Å². The summed E-state index contributed by atoms with van der Waals surface area (Å²) >= 11 is 5.64. The molecule has 2 N–H and O–H groups in total. The molecule has 7 heteroatoms. The van der Waals surface area contributed by atoms with Crippen LogP contribution in [-0.2, 0) is 6.54 Å². The first kappa shape index (κ1) is 14.2. The quantitative estimate of drug-likeness (QED) is 0.774. The number of aromatic amines is 1. The number of hydrogen-bond donors (Lipinski definition) is 2. The average molecular weight is 319 g/mol. The van der Waals surface area contributed by atoms with E-state index in [2.05, 4.69) is 10.3 Å². The third kappa shape index (κ3) is 2.96. The molecule has 3 heterocycles. The monoisotopic (exact) mass is 318 g/mol. The van der Waals surface area contributed by atoms with Crippen LogP contribution in [0, 0.1) is 0 Å². The maximum Gasteiger partial charge on any atom is 0.261 e. The summed E-state index contributed by atoms with van der Waals surface area (Å²) in [4.78, 5) is 26.6. The molecule has 3 aromatic heterocycles. The summed E-state index contributed by atoms with van der Waals surface area (Å²) in [6, 6.07) is 9.70. The largest absolute Gasteiger partial charge is 0.463 e. The van der Waals surface area contributed by atoms with Crippen molar-refractivity contribution < 1.29 is 13.6 Å². The number of amides is 1. The topological polar surface area (TPSA) is 88.2 Å². The van der Waals surface area contributed by atoms with E-state index < -0.39 is 11.5 Å². The van der Waals surface area contributed by atoms with Gasteiger partial charge in [0.15, 0.2) is 5.22 Å². The van der Waals surface area contributed by atoms with Crippen molar-refractivity contribution in [2.24, 2.45) is 0 Å². The Balaban J connectivity index is 1.74. The van der Waals surface area contributed by atoms with Crippen LogP contribution in [0.3, 0.4) is 0 Å². The van der Waals surface area contributed by atoms with Crippen molar-refractivity contribution in [3.8, 4) is 11.5 Å². The van der Waals surface area contributed by atoms with Gasteiger partial charge in [0.1, 0.15) is 17.1 Å². The molecule has 0 aromatic carbocycles. The van der Waals surface area contributed by atoms with Gasteiger partial charge in [-0.1, -0.05) is 0 Å². The summed E-state index contributed by atoms with van der Waals surface area (Å²) in [5.74, 6) is 0.524. The lowest BCUT2D eigenvalue weighted by molar-refractivity contribution is 0.0946. The van der Waals surface area contributed by atoms with Gasteiger partial charge in [0.05, 0.1) is 18.5 Å². The molecule has 0 unspecified atom stereocenters. The summed E-state index contributed by atoms with van der Waals surface area (Å²) in [6.07, 6.45) is 1.50. The number of carbonyl (C=O) groups excluding carboxylic acids is 1. The second kappa shape index (κ2) is 5.95. The molecular weight excluding hydrogens is 308 g/mol. The highest BCUT2D eigenvalue weighted by molar-refractivity contribution is 6.28. The molecule has 0 bridgehead atoms. The minimum atomic E-state index is -0.500. The molecule has 112 valence electrons. The van der Waals surface area contributed by atoms with E-state index >= 15 is 0 Å². The van der Waals surface area contributed by atoms with Gasteiger partial charge in [0, 0.05) is 0 Å². The zero-order chi connectivity index (χ0) is 15.5. The maximum absolute atomic E-state index is 12.0. The Kier molecular flexibility index (Phi) is 3.84. The minimum Gasteiger partial charge on any atom is -0.463 e. The Morgan fingerprint density at radius 1 is 1.23 bits per heavy atom. The van der Waals surface area contributed by atoms with E-state index in [0.717, 1.165) is 0 Å². The van der Waals surface area contributed by atoms with Gasteiger partial charge < -0.3 is 19.1 Å². The zero-order valence-corrected chi connectivity index (χ0v) is 12.0. The number of nitrogens with one attached hydrogen (secondary N) is 2. The fraction of sp³-hybridized carbons (Fsp3) is 0.0667. The maximum atomic E-state index is 12.0. The first-order valence-corrected chi connectivity index (χ1v) is 6.81. The molecule has 3 aromatic rings. The van der Waals surface area contributed by atoms with Crippen molar-refractivity contribution in [3.63, 3.8) is 0 Å². The molecule has 0 radical (unpaired) electrons. The van der Waals surface area contributed by atoms with Gasteiger partial charge in [-0.05, 0) is 48.0 Å². The molecular formula is C15H11ClN2O4. The van der Waals surface area contributed by atoms with Crippen molar-refractivity contribution >= 4 is 17.5 Å². The van der Waals surface area contributed by atoms with Crippen LogP contribution < -0.4 is 10.9 Å². The fourth-order valence-electron chi connectivity index (χ4n) is 1.94. The Hall–Kier alpha value is -2.73. The second-order valence-corrected chi connectivity index (χ2v) is 4.85. The Bertz CT molecular complexity index is 849. The SMILES string of the molecule is O=C(NCc1ccc(Cl)o1)c1ccc(-c2ccco2)[nH]c1=O. The average Bonchev–Trinajstić information content (AvgIpc) is 3.16. The highest BCUT2D eigenvalue weighted by Gasteiger charge is 2.12. The van der Waals surface area contributed by atoms with Gasteiger partial charge in [0.2, 0.25) is 0 Å². The van der Waals surface area contributed by atoms with E-state index in [9.17, 15) is 9.59 Å². The molecule has 0 aliphatic heterocycles. The van der Waals surface area contributed by atoms with Gasteiger partial charge >= 0.3 is 0 Å². The van der Waals surface area contributed by atoms with Crippen molar-refractivity contribution in [2.75, 3.05) is 0 Å². The number of pyridine rings is 1. The molecule has 6 nitrogen and oxygen atoms in total. The third-order valence-electron chi connectivity index (χ3n) is 2.99. The number of halogens is 1. The van der Waals surface area contributed by atoms with Crippen LogP contribution >= 0.6 is 11.6 Å². The standard InChI is InChI=1S/C15H11ClN2O4/c16-13-6-3-9(22-13)8-17-14(19)10-4-5-11(18-15(10)20)12-2-1-7-21-12/h1-7H,8H2,(H,17,19)(H,18,20). The first-order valence-electron chi connectivity index (χ1n) is 6.43. The molecule has 3 rings (SSSR count). The van der Waals surface area contributed by atoms with Crippen LogP contribution in [0.4, 0.5) is 0 Å². The fourth-order valence-corrected chi connectivity index (χ4v) is 2.10. The van der Waals surface area contributed by atoms with Crippen molar-refractivity contribution in [1.82, 2.24) is 10.3 Å². The van der Waals surface area contributed by atoms with Crippen LogP contribution in [0.1, 0.15) is 16.1 Å². The molecule has 0 saturated carbocycles.